The van der Waals surface area contributed by atoms with Crippen LogP contribution in [0.3, 0.4) is 0 Å². The summed E-state index contributed by atoms with van der Waals surface area (Å²) in [5.41, 5.74) is 2.04. The van der Waals surface area contributed by atoms with Gasteiger partial charge in [-0.25, -0.2) is 9.78 Å². The monoisotopic (exact) mass is 277 g/mol. The molecule has 2 aromatic rings. The first-order valence-electron chi connectivity index (χ1n) is 5.62. The van der Waals surface area contributed by atoms with Crippen molar-refractivity contribution in [2.75, 3.05) is 0 Å². The number of halogens is 1. The SMILES string of the molecule is Cc1cccc(Oc2cc(C(=O)O)c(Cl)cn2)c1C. The Labute approximate surface area is 115 Å². The van der Waals surface area contributed by atoms with E-state index in [9.17, 15) is 4.79 Å². The Hall–Kier alpha value is -2.07. The van der Waals surface area contributed by atoms with Crippen LogP contribution in [0, 0.1) is 13.8 Å². The maximum atomic E-state index is 11.0. The number of pyridine rings is 1. The number of aromatic carboxylic acids is 1. The number of rotatable bonds is 3. The Kier molecular flexibility index (Phi) is 3.71. The molecule has 0 spiro atoms. The normalized spacial score (nSPS) is 10.3. The molecule has 1 N–H and O–H groups in total. The van der Waals surface area contributed by atoms with E-state index in [1.807, 2.05) is 26.0 Å². The van der Waals surface area contributed by atoms with Gasteiger partial charge in [-0.2, -0.15) is 0 Å². The fraction of sp³-hybridized carbons (Fsp3) is 0.143. The van der Waals surface area contributed by atoms with Crippen LogP contribution >= 0.6 is 11.6 Å². The number of hydrogen-bond acceptors (Lipinski definition) is 3. The average molecular weight is 278 g/mol. The summed E-state index contributed by atoms with van der Waals surface area (Å²) in [5, 5.41) is 9.07. The summed E-state index contributed by atoms with van der Waals surface area (Å²) >= 11 is 5.75. The lowest BCUT2D eigenvalue weighted by molar-refractivity contribution is 0.0696. The maximum absolute atomic E-state index is 11.0. The number of benzene rings is 1. The summed E-state index contributed by atoms with van der Waals surface area (Å²) in [6.45, 7) is 3.90. The van der Waals surface area contributed by atoms with Crippen LogP contribution in [0.4, 0.5) is 0 Å². The van der Waals surface area contributed by atoms with Crippen molar-refractivity contribution in [3.63, 3.8) is 0 Å². The predicted molar refractivity (Wildman–Crippen MR) is 72.2 cm³/mol. The first-order valence-corrected chi connectivity index (χ1v) is 5.99. The molecule has 19 heavy (non-hydrogen) atoms. The molecule has 0 saturated heterocycles. The second-order valence-corrected chi connectivity index (χ2v) is 4.51. The van der Waals surface area contributed by atoms with Gasteiger partial charge in [0.1, 0.15) is 5.75 Å². The molecule has 98 valence electrons. The van der Waals surface area contributed by atoms with E-state index in [0.29, 0.717) is 5.75 Å². The third-order valence-corrected chi connectivity index (χ3v) is 3.13. The van der Waals surface area contributed by atoms with E-state index in [1.54, 1.807) is 6.07 Å². The molecule has 0 aliphatic heterocycles. The highest BCUT2D eigenvalue weighted by Gasteiger charge is 2.12. The van der Waals surface area contributed by atoms with Gasteiger partial charge in [-0.3, -0.25) is 0 Å². The smallest absolute Gasteiger partial charge is 0.337 e. The highest BCUT2D eigenvalue weighted by Crippen LogP contribution is 2.27. The van der Waals surface area contributed by atoms with Crippen LogP contribution in [0.5, 0.6) is 11.6 Å². The number of ether oxygens (including phenoxy) is 1. The van der Waals surface area contributed by atoms with E-state index in [1.165, 1.54) is 12.3 Å². The fourth-order valence-electron chi connectivity index (χ4n) is 1.59. The summed E-state index contributed by atoms with van der Waals surface area (Å²) in [7, 11) is 0. The van der Waals surface area contributed by atoms with Gasteiger partial charge in [-0.15, -0.1) is 0 Å². The fourth-order valence-corrected chi connectivity index (χ4v) is 1.77. The van der Waals surface area contributed by atoms with Crippen molar-refractivity contribution in [2.45, 2.75) is 13.8 Å². The van der Waals surface area contributed by atoms with E-state index in [4.69, 9.17) is 21.4 Å². The van der Waals surface area contributed by atoms with Crippen LogP contribution in [0.15, 0.2) is 30.5 Å². The third-order valence-electron chi connectivity index (χ3n) is 2.83. The van der Waals surface area contributed by atoms with Crippen LogP contribution in [0.1, 0.15) is 21.5 Å². The van der Waals surface area contributed by atoms with Gasteiger partial charge < -0.3 is 9.84 Å². The molecule has 0 atom stereocenters. The van der Waals surface area contributed by atoms with Crippen molar-refractivity contribution in [1.29, 1.82) is 0 Å². The van der Waals surface area contributed by atoms with Crippen LogP contribution in [0.2, 0.25) is 5.02 Å². The Bertz CT molecular complexity index is 641. The summed E-state index contributed by atoms with van der Waals surface area (Å²) in [6, 6.07) is 6.96. The molecule has 0 unspecified atom stereocenters. The van der Waals surface area contributed by atoms with Gasteiger partial charge >= 0.3 is 5.97 Å². The first-order chi connectivity index (χ1) is 8.99. The van der Waals surface area contributed by atoms with Gasteiger partial charge in [0, 0.05) is 6.07 Å². The zero-order valence-corrected chi connectivity index (χ0v) is 11.2. The van der Waals surface area contributed by atoms with Gasteiger partial charge in [0.2, 0.25) is 5.88 Å². The van der Waals surface area contributed by atoms with Crippen molar-refractivity contribution in [1.82, 2.24) is 4.98 Å². The Morgan fingerprint density at radius 2 is 2.11 bits per heavy atom. The summed E-state index contributed by atoms with van der Waals surface area (Å²) in [5.74, 6) is -0.264. The zero-order chi connectivity index (χ0) is 14.0. The van der Waals surface area contributed by atoms with Gasteiger partial charge in [-0.05, 0) is 31.0 Å². The van der Waals surface area contributed by atoms with E-state index < -0.39 is 5.97 Å². The highest BCUT2D eigenvalue weighted by molar-refractivity contribution is 6.33. The topological polar surface area (TPSA) is 59.4 Å². The molecule has 5 heteroatoms. The highest BCUT2D eigenvalue weighted by atomic mass is 35.5. The van der Waals surface area contributed by atoms with Crippen molar-refractivity contribution < 1.29 is 14.6 Å². The Morgan fingerprint density at radius 3 is 2.79 bits per heavy atom. The maximum Gasteiger partial charge on any atom is 0.337 e. The molecule has 1 aromatic carbocycles. The molecule has 4 nitrogen and oxygen atoms in total. The van der Waals surface area contributed by atoms with Crippen LogP contribution in [-0.4, -0.2) is 16.1 Å². The summed E-state index contributed by atoms with van der Waals surface area (Å²) in [6.07, 6.45) is 1.27. The molecule has 1 aromatic heterocycles. The van der Waals surface area contributed by atoms with Crippen molar-refractivity contribution >= 4 is 17.6 Å². The number of nitrogens with zero attached hydrogens (tertiary/aromatic N) is 1. The van der Waals surface area contributed by atoms with E-state index >= 15 is 0 Å². The number of carbonyl (C=O) groups is 1. The van der Waals surface area contributed by atoms with Gasteiger partial charge in [0.25, 0.3) is 0 Å². The van der Waals surface area contributed by atoms with Crippen LogP contribution in [-0.2, 0) is 0 Å². The van der Waals surface area contributed by atoms with Crippen molar-refractivity contribution in [3.05, 3.63) is 52.2 Å². The Morgan fingerprint density at radius 1 is 1.37 bits per heavy atom. The lowest BCUT2D eigenvalue weighted by atomic mass is 10.1. The lowest BCUT2D eigenvalue weighted by Gasteiger charge is -2.10. The van der Waals surface area contributed by atoms with Crippen molar-refractivity contribution in [2.24, 2.45) is 0 Å². The molecular formula is C14H12ClNO3. The Balaban J connectivity index is 2.36. The summed E-state index contributed by atoms with van der Waals surface area (Å²) < 4.78 is 5.60. The largest absolute Gasteiger partial charge is 0.478 e. The molecule has 0 saturated carbocycles. The average Bonchev–Trinajstić information content (AvgIpc) is 2.37. The minimum absolute atomic E-state index is 0.0306. The standard InChI is InChI=1S/C14H12ClNO3/c1-8-4-3-5-12(9(8)2)19-13-6-10(14(17)18)11(15)7-16-13/h3-7H,1-2H3,(H,17,18). The minimum Gasteiger partial charge on any atom is -0.478 e. The van der Waals surface area contributed by atoms with Gasteiger partial charge in [-0.1, -0.05) is 23.7 Å². The predicted octanol–water partition coefficient (Wildman–Crippen LogP) is 3.84. The molecule has 0 fully saturated rings. The number of aromatic nitrogens is 1. The number of aryl methyl sites for hydroxylation is 1. The number of hydrogen-bond donors (Lipinski definition) is 1. The molecule has 0 aliphatic carbocycles. The quantitative estimate of drug-likeness (QED) is 0.926. The van der Waals surface area contributed by atoms with E-state index in [-0.39, 0.29) is 16.5 Å². The summed E-state index contributed by atoms with van der Waals surface area (Å²) in [4.78, 5) is 14.9. The number of carboxylic acids is 1. The molecule has 0 amide bonds. The van der Waals surface area contributed by atoms with Gasteiger partial charge in [0.15, 0.2) is 0 Å². The molecule has 1 heterocycles. The molecule has 0 radical (unpaired) electrons. The van der Waals surface area contributed by atoms with Crippen LogP contribution < -0.4 is 4.74 Å². The van der Waals surface area contributed by atoms with E-state index in [2.05, 4.69) is 4.98 Å². The second kappa shape index (κ2) is 5.28. The van der Waals surface area contributed by atoms with E-state index in [0.717, 1.165) is 11.1 Å². The molecular weight excluding hydrogens is 266 g/mol. The molecule has 2 rings (SSSR count). The zero-order valence-electron chi connectivity index (χ0n) is 10.5. The minimum atomic E-state index is -1.11. The third kappa shape index (κ3) is 2.85. The van der Waals surface area contributed by atoms with Gasteiger partial charge in [0.05, 0.1) is 16.8 Å². The lowest BCUT2D eigenvalue weighted by Crippen LogP contribution is -2.00. The molecule has 0 bridgehead atoms. The second-order valence-electron chi connectivity index (χ2n) is 4.11. The number of carboxylic acid groups (broad SMARTS) is 1. The van der Waals surface area contributed by atoms with Crippen LogP contribution in [0.25, 0.3) is 0 Å². The molecule has 0 aliphatic rings. The van der Waals surface area contributed by atoms with Crippen molar-refractivity contribution in [3.8, 4) is 11.6 Å². The first kappa shape index (κ1) is 13.4.